The van der Waals surface area contributed by atoms with Gasteiger partial charge in [-0.25, -0.2) is 0 Å². The molecule has 1 amide bonds. The van der Waals surface area contributed by atoms with Gasteiger partial charge in [0.25, 0.3) is 0 Å². The molecule has 0 aliphatic heterocycles. The summed E-state index contributed by atoms with van der Waals surface area (Å²) >= 11 is 2.05. The highest BCUT2D eigenvalue weighted by molar-refractivity contribution is 9.10. The van der Waals surface area contributed by atoms with Crippen molar-refractivity contribution >= 4 is 27.5 Å². The minimum atomic E-state index is -3.56. The Kier molecular flexibility index (Phi) is 4.18. The number of carbonyl (C=O) groups excluding carboxylic acids is 1. The van der Waals surface area contributed by atoms with Gasteiger partial charge in [0.1, 0.15) is 0 Å². The summed E-state index contributed by atoms with van der Waals surface area (Å²) in [6, 6.07) is 8.25. The van der Waals surface area contributed by atoms with Crippen molar-refractivity contribution in [2.75, 3.05) is 11.4 Å². The summed E-state index contributed by atoms with van der Waals surface area (Å²) in [6.45, 7) is 3.47. The molecule has 16 heavy (non-hydrogen) atoms. The van der Waals surface area contributed by atoms with Gasteiger partial charge in [0, 0.05) is 28.2 Å². The second-order valence-electron chi connectivity index (χ2n) is 3.04. The van der Waals surface area contributed by atoms with E-state index in [-0.39, 0.29) is 6.54 Å². The maximum Gasteiger partial charge on any atom is 0.378 e. The summed E-state index contributed by atoms with van der Waals surface area (Å²) in [4.78, 5) is 8.83. The molecule has 0 radical (unpaired) electrons. The Morgan fingerprint density at radius 1 is 1.44 bits per heavy atom. The van der Waals surface area contributed by atoms with Crippen LogP contribution in [0, 0.1) is 0 Å². The maximum atomic E-state index is 12.9. The zero-order valence-corrected chi connectivity index (χ0v) is 9.95. The molecule has 0 fully saturated rings. The normalized spacial score (nSPS) is 10.9. The standard InChI is InChI=1S/C11H10BrF2NO/c1-2-8-15(10(16)11(12,13)14)9-6-4-3-5-7-9/h2-7H,1,8H2. The Morgan fingerprint density at radius 2 is 2.00 bits per heavy atom. The van der Waals surface area contributed by atoms with Gasteiger partial charge < -0.3 is 4.90 Å². The largest absolute Gasteiger partial charge is 0.378 e. The van der Waals surface area contributed by atoms with Gasteiger partial charge in [-0.1, -0.05) is 24.3 Å². The highest BCUT2D eigenvalue weighted by atomic mass is 79.9. The van der Waals surface area contributed by atoms with E-state index in [2.05, 4.69) is 22.5 Å². The number of benzene rings is 1. The van der Waals surface area contributed by atoms with Crippen molar-refractivity contribution in [3.05, 3.63) is 43.0 Å². The molecule has 0 N–H and O–H groups in total. The van der Waals surface area contributed by atoms with Crippen molar-refractivity contribution in [1.82, 2.24) is 0 Å². The van der Waals surface area contributed by atoms with Crippen LogP contribution in [0.25, 0.3) is 0 Å². The number of alkyl halides is 3. The lowest BCUT2D eigenvalue weighted by molar-refractivity contribution is -0.131. The first-order valence-corrected chi connectivity index (χ1v) is 5.30. The quantitative estimate of drug-likeness (QED) is 0.616. The molecule has 1 aromatic carbocycles. The van der Waals surface area contributed by atoms with E-state index < -0.39 is 10.7 Å². The Labute approximate surface area is 101 Å². The first-order chi connectivity index (χ1) is 7.46. The van der Waals surface area contributed by atoms with Crippen LogP contribution in [0.5, 0.6) is 0 Å². The van der Waals surface area contributed by atoms with Gasteiger partial charge in [-0.3, -0.25) is 4.79 Å². The van der Waals surface area contributed by atoms with Crippen LogP contribution in [0.4, 0.5) is 14.5 Å². The molecular weight excluding hydrogens is 280 g/mol. The minimum Gasteiger partial charge on any atom is -0.303 e. The third-order valence-electron chi connectivity index (χ3n) is 1.87. The fourth-order valence-corrected chi connectivity index (χ4v) is 1.41. The van der Waals surface area contributed by atoms with E-state index in [1.165, 1.54) is 6.08 Å². The predicted molar refractivity (Wildman–Crippen MR) is 62.9 cm³/mol. The van der Waals surface area contributed by atoms with Gasteiger partial charge >= 0.3 is 10.7 Å². The van der Waals surface area contributed by atoms with Crippen LogP contribution < -0.4 is 4.90 Å². The van der Waals surface area contributed by atoms with Crippen LogP contribution in [0.2, 0.25) is 0 Å². The van der Waals surface area contributed by atoms with Crippen molar-refractivity contribution in [3.63, 3.8) is 0 Å². The monoisotopic (exact) mass is 289 g/mol. The lowest BCUT2D eigenvalue weighted by Gasteiger charge is -2.23. The molecule has 0 bridgehead atoms. The average molecular weight is 290 g/mol. The van der Waals surface area contributed by atoms with Crippen molar-refractivity contribution in [3.8, 4) is 0 Å². The fourth-order valence-electron chi connectivity index (χ4n) is 1.20. The lowest BCUT2D eigenvalue weighted by Crippen LogP contribution is -2.40. The number of hydrogen-bond donors (Lipinski definition) is 0. The third-order valence-corrected chi connectivity index (χ3v) is 2.21. The molecule has 0 atom stereocenters. The van der Waals surface area contributed by atoms with Crippen LogP contribution in [0.15, 0.2) is 43.0 Å². The zero-order valence-electron chi connectivity index (χ0n) is 8.37. The summed E-state index contributed by atoms with van der Waals surface area (Å²) < 4.78 is 25.7. The second-order valence-corrected chi connectivity index (χ2v) is 4.03. The first-order valence-electron chi connectivity index (χ1n) is 4.51. The molecule has 0 unspecified atom stereocenters. The van der Waals surface area contributed by atoms with E-state index >= 15 is 0 Å². The van der Waals surface area contributed by atoms with Gasteiger partial charge in [0.05, 0.1) is 0 Å². The number of halogens is 3. The Balaban J connectivity index is 3.01. The number of amides is 1. The summed E-state index contributed by atoms with van der Waals surface area (Å²) in [7, 11) is 0. The van der Waals surface area contributed by atoms with Crippen molar-refractivity contribution in [2.24, 2.45) is 0 Å². The molecule has 2 nitrogen and oxygen atoms in total. The van der Waals surface area contributed by atoms with Gasteiger partial charge in [-0.15, -0.1) is 6.58 Å². The van der Waals surface area contributed by atoms with E-state index in [9.17, 15) is 13.6 Å². The zero-order chi connectivity index (χ0) is 12.2. The number of hydrogen-bond acceptors (Lipinski definition) is 1. The van der Waals surface area contributed by atoms with E-state index in [0.717, 1.165) is 4.90 Å². The molecule has 86 valence electrons. The molecule has 0 heterocycles. The van der Waals surface area contributed by atoms with Crippen molar-refractivity contribution in [1.29, 1.82) is 0 Å². The Hall–Kier alpha value is -1.23. The van der Waals surface area contributed by atoms with Crippen molar-refractivity contribution < 1.29 is 13.6 Å². The highest BCUT2D eigenvalue weighted by Crippen LogP contribution is 2.27. The Morgan fingerprint density at radius 3 is 2.44 bits per heavy atom. The number of anilines is 1. The topological polar surface area (TPSA) is 20.3 Å². The first kappa shape index (κ1) is 12.8. The molecular formula is C11H10BrF2NO. The van der Waals surface area contributed by atoms with E-state index in [4.69, 9.17) is 0 Å². The van der Waals surface area contributed by atoms with Gasteiger partial charge in [0.15, 0.2) is 0 Å². The average Bonchev–Trinajstić information content (AvgIpc) is 2.25. The SMILES string of the molecule is C=CCN(C(=O)C(F)(F)Br)c1ccccc1. The summed E-state index contributed by atoms with van der Waals surface area (Å²) in [5.74, 6) is -1.31. The van der Waals surface area contributed by atoms with Crippen molar-refractivity contribution in [2.45, 2.75) is 4.83 Å². The molecule has 0 spiro atoms. The molecule has 1 rings (SSSR count). The number of rotatable bonds is 4. The van der Waals surface area contributed by atoms with Gasteiger partial charge in [-0.05, 0) is 12.1 Å². The summed E-state index contributed by atoms with van der Waals surface area (Å²) in [5, 5.41) is 0. The van der Waals surface area contributed by atoms with Crippen LogP contribution >= 0.6 is 15.9 Å². The highest BCUT2D eigenvalue weighted by Gasteiger charge is 2.39. The number of carbonyl (C=O) groups is 1. The van der Waals surface area contributed by atoms with E-state index in [0.29, 0.717) is 5.69 Å². The van der Waals surface area contributed by atoms with Crippen LogP contribution in [-0.2, 0) is 4.79 Å². The van der Waals surface area contributed by atoms with Crippen LogP contribution in [0.1, 0.15) is 0 Å². The number of para-hydroxylation sites is 1. The summed E-state index contributed by atoms with van der Waals surface area (Å²) in [5.41, 5.74) is 0.409. The fraction of sp³-hybridized carbons (Fsp3) is 0.182. The maximum absolute atomic E-state index is 12.9. The van der Waals surface area contributed by atoms with E-state index in [1.807, 2.05) is 0 Å². The van der Waals surface area contributed by atoms with E-state index in [1.54, 1.807) is 30.3 Å². The molecule has 0 aliphatic rings. The van der Waals surface area contributed by atoms with Crippen LogP contribution in [0.3, 0.4) is 0 Å². The molecule has 0 aromatic heterocycles. The molecule has 1 aromatic rings. The molecule has 0 saturated heterocycles. The van der Waals surface area contributed by atoms with Gasteiger partial charge in [-0.2, -0.15) is 8.78 Å². The predicted octanol–water partition coefficient (Wildman–Crippen LogP) is 3.19. The smallest absolute Gasteiger partial charge is 0.303 e. The Bertz CT molecular complexity index is 375. The third kappa shape index (κ3) is 3.13. The minimum absolute atomic E-state index is 0.0318. The number of nitrogens with zero attached hydrogens (tertiary/aromatic N) is 1. The molecule has 5 heteroatoms. The van der Waals surface area contributed by atoms with Gasteiger partial charge in [0.2, 0.25) is 0 Å². The summed E-state index contributed by atoms with van der Waals surface area (Å²) in [6.07, 6.45) is 1.39. The second kappa shape index (κ2) is 5.21. The lowest BCUT2D eigenvalue weighted by atomic mass is 10.3. The molecule has 0 saturated carbocycles. The van der Waals surface area contributed by atoms with Crippen LogP contribution in [-0.4, -0.2) is 17.3 Å². The molecule has 0 aliphatic carbocycles.